The number of aliphatic hydroxyl groups is 1. The molecule has 0 saturated heterocycles. The van der Waals surface area contributed by atoms with Crippen molar-refractivity contribution in [3.8, 4) is 0 Å². The van der Waals surface area contributed by atoms with Gasteiger partial charge in [-0.05, 0) is 37.5 Å². The SMILES string of the molecule is CCC(C)[C@H]1CC[C@@H](O)CC1. The molecule has 1 heteroatoms. The summed E-state index contributed by atoms with van der Waals surface area (Å²) in [5, 5.41) is 9.28. The van der Waals surface area contributed by atoms with Crippen molar-refractivity contribution in [1.29, 1.82) is 0 Å². The van der Waals surface area contributed by atoms with Crippen LogP contribution in [0.4, 0.5) is 0 Å². The molecule has 0 heterocycles. The van der Waals surface area contributed by atoms with E-state index in [4.69, 9.17) is 0 Å². The predicted molar refractivity (Wildman–Crippen MR) is 47.4 cm³/mol. The average Bonchev–Trinajstić information content (AvgIpc) is 2.05. The van der Waals surface area contributed by atoms with Gasteiger partial charge in [-0.2, -0.15) is 0 Å². The monoisotopic (exact) mass is 156 g/mol. The maximum Gasteiger partial charge on any atom is 0.0540 e. The van der Waals surface area contributed by atoms with Gasteiger partial charge in [0.25, 0.3) is 0 Å². The van der Waals surface area contributed by atoms with E-state index in [-0.39, 0.29) is 6.10 Å². The van der Waals surface area contributed by atoms with E-state index < -0.39 is 0 Å². The van der Waals surface area contributed by atoms with Crippen molar-refractivity contribution in [2.45, 2.75) is 52.1 Å². The second-order valence-electron chi connectivity index (χ2n) is 3.95. The molecule has 1 fully saturated rings. The lowest BCUT2D eigenvalue weighted by Gasteiger charge is -2.29. The Kier molecular flexibility index (Phi) is 3.38. The molecule has 1 aliphatic rings. The van der Waals surface area contributed by atoms with E-state index in [0.29, 0.717) is 0 Å². The van der Waals surface area contributed by atoms with Gasteiger partial charge in [-0.1, -0.05) is 20.3 Å². The number of hydrogen-bond acceptors (Lipinski definition) is 1. The molecule has 1 rings (SSSR count). The van der Waals surface area contributed by atoms with Gasteiger partial charge in [0.05, 0.1) is 6.10 Å². The summed E-state index contributed by atoms with van der Waals surface area (Å²) in [5.74, 6) is 1.76. The number of hydrogen-bond donors (Lipinski definition) is 1. The highest BCUT2D eigenvalue weighted by atomic mass is 16.3. The summed E-state index contributed by atoms with van der Waals surface area (Å²) < 4.78 is 0. The van der Waals surface area contributed by atoms with Crippen LogP contribution in [-0.2, 0) is 0 Å². The van der Waals surface area contributed by atoms with Crippen molar-refractivity contribution in [3.63, 3.8) is 0 Å². The summed E-state index contributed by atoms with van der Waals surface area (Å²) in [6, 6.07) is 0. The van der Waals surface area contributed by atoms with Gasteiger partial charge < -0.3 is 5.11 Å². The topological polar surface area (TPSA) is 20.2 Å². The molecule has 0 aromatic heterocycles. The zero-order valence-corrected chi connectivity index (χ0v) is 7.71. The van der Waals surface area contributed by atoms with Gasteiger partial charge in [-0.3, -0.25) is 0 Å². The molecule has 1 N–H and O–H groups in total. The first kappa shape index (κ1) is 9.05. The summed E-state index contributed by atoms with van der Waals surface area (Å²) in [6.45, 7) is 4.60. The molecule has 11 heavy (non-hydrogen) atoms. The normalized spacial score (nSPS) is 35.2. The molecule has 1 atom stereocenters. The fourth-order valence-electron chi connectivity index (χ4n) is 2.00. The van der Waals surface area contributed by atoms with Crippen molar-refractivity contribution in [1.82, 2.24) is 0 Å². The third-order valence-corrected chi connectivity index (χ3v) is 3.19. The molecule has 0 aromatic rings. The van der Waals surface area contributed by atoms with E-state index >= 15 is 0 Å². The largest absolute Gasteiger partial charge is 0.393 e. The average molecular weight is 156 g/mol. The van der Waals surface area contributed by atoms with E-state index in [1.54, 1.807) is 0 Å². The van der Waals surface area contributed by atoms with Crippen molar-refractivity contribution in [2.75, 3.05) is 0 Å². The van der Waals surface area contributed by atoms with Gasteiger partial charge in [0.15, 0.2) is 0 Å². The fourth-order valence-corrected chi connectivity index (χ4v) is 2.00. The van der Waals surface area contributed by atoms with E-state index in [1.165, 1.54) is 19.3 Å². The Morgan fingerprint density at radius 1 is 1.27 bits per heavy atom. The lowest BCUT2D eigenvalue weighted by atomic mass is 9.79. The lowest BCUT2D eigenvalue weighted by Crippen LogP contribution is -2.22. The Balaban J connectivity index is 2.27. The predicted octanol–water partition coefficient (Wildman–Crippen LogP) is 2.58. The van der Waals surface area contributed by atoms with Crippen molar-refractivity contribution >= 4 is 0 Å². The minimum Gasteiger partial charge on any atom is -0.393 e. The van der Waals surface area contributed by atoms with Crippen LogP contribution in [0.15, 0.2) is 0 Å². The molecule has 0 radical (unpaired) electrons. The molecule has 0 aliphatic heterocycles. The maximum absolute atomic E-state index is 9.28. The minimum atomic E-state index is 0.00954. The molecule has 0 amide bonds. The molecule has 0 spiro atoms. The first-order chi connectivity index (χ1) is 5.24. The molecular formula is C10H20O. The third-order valence-electron chi connectivity index (χ3n) is 3.19. The number of rotatable bonds is 2. The van der Waals surface area contributed by atoms with E-state index in [0.717, 1.165) is 24.7 Å². The molecule has 0 bridgehead atoms. The molecule has 1 unspecified atom stereocenters. The van der Waals surface area contributed by atoms with Crippen LogP contribution in [-0.4, -0.2) is 11.2 Å². The Labute approximate surface area is 69.8 Å². The Hall–Kier alpha value is -0.0400. The molecule has 1 nitrogen and oxygen atoms in total. The van der Waals surface area contributed by atoms with Gasteiger partial charge in [-0.25, -0.2) is 0 Å². The highest BCUT2D eigenvalue weighted by Gasteiger charge is 2.22. The van der Waals surface area contributed by atoms with E-state index in [1.807, 2.05) is 0 Å². The maximum atomic E-state index is 9.28. The zero-order chi connectivity index (χ0) is 8.27. The van der Waals surface area contributed by atoms with Crippen LogP contribution in [0, 0.1) is 11.8 Å². The molecule has 66 valence electrons. The number of aliphatic hydroxyl groups excluding tert-OH is 1. The summed E-state index contributed by atoms with van der Waals surface area (Å²) in [6.07, 6.45) is 5.87. The van der Waals surface area contributed by atoms with Gasteiger partial charge in [-0.15, -0.1) is 0 Å². The second kappa shape index (κ2) is 4.10. The van der Waals surface area contributed by atoms with Crippen molar-refractivity contribution in [3.05, 3.63) is 0 Å². The fraction of sp³-hybridized carbons (Fsp3) is 1.00. The molecular weight excluding hydrogens is 136 g/mol. The van der Waals surface area contributed by atoms with E-state index in [9.17, 15) is 5.11 Å². The van der Waals surface area contributed by atoms with E-state index in [2.05, 4.69) is 13.8 Å². The first-order valence-electron chi connectivity index (χ1n) is 4.92. The van der Waals surface area contributed by atoms with Crippen LogP contribution in [0.1, 0.15) is 46.0 Å². The van der Waals surface area contributed by atoms with Crippen LogP contribution in [0.2, 0.25) is 0 Å². The Morgan fingerprint density at radius 2 is 1.82 bits per heavy atom. The van der Waals surface area contributed by atoms with Crippen molar-refractivity contribution < 1.29 is 5.11 Å². The molecule has 1 saturated carbocycles. The summed E-state index contributed by atoms with van der Waals surface area (Å²) in [7, 11) is 0. The quantitative estimate of drug-likeness (QED) is 0.651. The lowest BCUT2D eigenvalue weighted by molar-refractivity contribution is 0.0930. The second-order valence-corrected chi connectivity index (χ2v) is 3.95. The van der Waals surface area contributed by atoms with Crippen LogP contribution in [0.25, 0.3) is 0 Å². The third kappa shape index (κ3) is 2.48. The summed E-state index contributed by atoms with van der Waals surface area (Å²) >= 11 is 0. The summed E-state index contributed by atoms with van der Waals surface area (Å²) in [4.78, 5) is 0. The van der Waals surface area contributed by atoms with Gasteiger partial charge in [0, 0.05) is 0 Å². The molecule has 1 aliphatic carbocycles. The van der Waals surface area contributed by atoms with Gasteiger partial charge in [0.2, 0.25) is 0 Å². The minimum absolute atomic E-state index is 0.00954. The zero-order valence-electron chi connectivity index (χ0n) is 7.71. The summed E-state index contributed by atoms with van der Waals surface area (Å²) in [5.41, 5.74) is 0. The van der Waals surface area contributed by atoms with Crippen LogP contribution in [0.5, 0.6) is 0 Å². The smallest absolute Gasteiger partial charge is 0.0540 e. The van der Waals surface area contributed by atoms with Gasteiger partial charge in [0.1, 0.15) is 0 Å². The van der Waals surface area contributed by atoms with Crippen LogP contribution < -0.4 is 0 Å². The standard InChI is InChI=1S/C10H20O/c1-3-8(2)9-4-6-10(11)7-5-9/h8-11H,3-7H2,1-2H3/t8?,9-,10+. The highest BCUT2D eigenvalue weighted by molar-refractivity contribution is 4.74. The van der Waals surface area contributed by atoms with Crippen molar-refractivity contribution in [2.24, 2.45) is 11.8 Å². The Morgan fingerprint density at radius 3 is 2.27 bits per heavy atom. The van der Waals surface area contributed by atoms with Gasteiger partial charge >= 0.3 is 0 Å². The first-order valence-corrected chi connectivity index (χ1v) is 4.92. The van der Waals surface area contributed by atoms with Crippen LogP contribution >= 0.6 is 0 Å². The molecule has 0 aromatic carbocycles. The Bertz CT molecular complexity index is 103. The highest BCUT2D eigenvalue weighted by Crippen LogP contribution is 2.31. The van der Waals surface area contributed by atoms with Crippen LogP contribution in [0.3, 0.4) is 0 Å².